The van der Waals surface area contributed by atoms with Crippen molar-refractivity contribution in [2.75, 3.05) is 6.61 Å². The third-order valence-corrected chi connectivity index (χ3v) is 2.88. The van der Waals surface area contributed by atoms with Crippen LogP contribution in [0.2, 0.25) is 5.02 Å². The maximum absolute atomic E-state index is 11.8. The molecular weight excluding hydrogens is 264 g/mol. The SMILES string of the molecule is CCOC(=O)c1cc(C)nn1Cc1ccc(Cl)cc1. The first-order valence-corrected chi connectivity index (χ1v) is 6.44. The van der Waals surface area contributed by atoms with Crippen LogP contribution in [0.3, 0.4) is 0 Å². The van der Waals surface area contributed by atoms with Gasteiger partial charge in [0, 0.05) is 5.02 Å². The summed E-state index contributed by atoms with van der Waals surface area (Å²) in [5.41, 5.74) is 2.28. The highest BCUT2D eigenvalue weighted by Gasteiger charge is 2.15. The normalized spacial score (nSPS) is 10.5. The van der Waals surface area contributed by atoms with Crippen molar-refractivity contribution in [2.45, 2.75) is 20.4 Å². The summed E-state index contributed by atoms with van der Waals surface area (Å²) in [6.07, 6.45) is 0. The quantitative estimate of drug-likeness (QED) is 0.808. The molecule has 1 heterocycles. The maximum atomic E-state index is 11.8. The Balaban J connectivity index is 2.24. The lowest BCUT2D eigenvalue weighted by Crippen LogP contribution is -2.14. The van der Waals surface area contributed by atoms with Gasteiger partial charge in [0.1, 0.15) is 5.69 Å². The first-order valence-electron chi connectivity index (χ1n) is 6.06. The minimum atomic E-state index is -0.350. The minimum absolute atomic E-state index is 0.350. The van der Waals surface area contributed by atoms with Gasteiger partial charge in [-0.3, -0.25) is 4.68 Å². The van der Waals surface area contributed by atoms with E-state index in [2.05, 4.69) is 5.10 Å². The van der Waals surface area contributed by atoms with E-state index in [0.29, 0.717) is 23.9 Å². The molecule has 0 fully saturated rings. The van der Waals surface area contributed by atoms with Gasteiger partial charge in [0.2, 0.25) is 0 Å². The maximum Gasteiger partial charge on any atom is 0.356 e. The molecule has 1 aromatic carbocycles. The van der Waals surface area contributed by atoms with Crippen LogP contribution in [0, 0.1) is 6.92 Å². The number of benzene rings is 1. The van der Waals surface area contributed by atoms with Crippen LogP contribution in [0.1, 0.15) is 28.7 Å². The van der Waals surface area contributed by atoms with Crippen LogP contribution in [0.15, 0.2) is 30.3 Å². The summed E-state index contributed by atoms with van der Waals surface area (Å²) in [4.78, 5) is 11.8. The average Bonchev–Trinajstić information content (AvgIpc) is 2.74. The van der Waals surface area contributed by atoms with Crippen molar-refractivity contribution in [3.8, 4) is 0 Å². The Morgan fingerprint density at radius 2 is 2.05 bits per heavy atom. The highest BCUT2D eigenvalue weighted by Crippen LogP contribution is 2.13. The van der Waals surface area contributed by atoms with Gasteiger partial charge in [-0.05, 0) is 37.6 Å². The summed E-state index contributed by atoms with van der Waals surface area (Å²) in [5, 5.41) is 5.00. The Bertz CT molecular complexity index is 576. The van der Waals surface area contributed by atoms with Crippen molar-refractivity contribution in [1.82, 2.24) is 9.78 Å². The second-order valence-corrected chi connectivity index (χ2v) is 4.61. The standard InChI is InChI=1S/C14H15ClN2O2/c1-3-19-14(18)13-8-10(2)16-17(13)9-11-4-6-12(15)7-5-11/h4-8H,3,9H2,1-2H3. The summed E-state index contributed by atoms with van der Waals surface area (Å²) in [7, 11) is 0. The number of nitrogens with zero attached hydrogens (tertiary/aromatic N) is 2. The van der Waals surface area contributed by atoms with Crippen molar-refractivity contribution in [3.63, 3.8) is 0 Å². The van der Waals surface area contributed by atoms with Crippen LogP contribution in [0.5, 0.6) is 0 Å². The van der Waals surface area contributed by atoms with Crippen molar-refractivity contribution in [1.29, 1.82) is 0 Å². The smallest absolute Gasteiger partial charge is 0.356 e. The fourth-order valence-electron chi connectivity index (χ4n) is 1.80. The monoisotopic (exact) mass is 278 g/mol. The molecule has 0 amide bonds. The number of esters is 1. The van der Waals surface area contributed by atoms with Crippen molar-refractivity contribution in [2.24, 2.45) is 0 Å². The molecule has 0 bridgehead atoms. The third kappa shape index (κ3) is 3.35. The lowest BCUT2D eigenvalue weighted by atomic mass is 10.2. The van der Waals surface area contributed by atoms with Crippen molar-refractivity contribution < 1.29 is 9.53 Å². The largest absolute Gasteiger partial charge is 0.461 e. The Morgan fingerprint density at radius 1 is 1.37 bits per heavy atom. The zero-order chi connectivity index (χ0) is 13.8. The second-order valence-electron chi connectivity index (χ2n) is 4.18. The fraction of sp³-hybridized carbons (Fsp3) is 0.286. The molecule has 0 N–H and O–H groups in total. The summed E-state index contributed by atoms with van der Waals surface area (Å²) in [6, 6.07) is 9.19. The minimum Gasteiger partial charge on any atom is -0.461 e. The number of halogens is 1. The van der Waals surface area contributed by atoms with Gasteiger partial charge in [-0.25, -0.2) is 4.79 Å². The van der Waals surface area contributed by atoms with Gasteiger partial charge in [-0.1, -0.05) is 23.7 Å². The number of carbonyl (C=O) groups is 1. The highest BCUT2D eigenvalue weighted by molar-refractivity contribution is 6.30. The number of carbonyl (C=O) groups excluding carboxylic acids is 1. The Labute approximate surface area is 116 Å². The first kappa shape index (κ1) is 13.6. The zero-order valence-corrected chi connectivity index (χ0v) is 11.6. The fourth-order valence-corrected chi connectivity index (χ4v) is 1.92. The van der Waals surface area contributed by atoms with Crippen LogP contribution >= 0.6 is 11.6 Å². The van der Waals surface area contributed by atoms with E-state index in [1.807, 2.05) is 31.2 Å². The van der Waals surface area contributed by atoms with Crippen LogP contribution in [0.4, 0.5) is 0 Å². The van der Waals surface area contributed by atoms with Crippen molar-refractivity contribution >= 4 is 17.6 Å². The van der Waals surface area contributed by atoms with E-state index >= 15 is 0 Å². The lowest BCUT2D eigenvalue weighted by molar-refractivity contribution is 0.0512. The van der Waals surface area contributed by atoms with Gasteiger partial charge in [-0.2, -0.15) is 5.10 Å². The number of rotatable bonds is 4. The number of ether oxygens (including phenoxy) is 1. The van der Waals surface area contributed by atoms with Gasteiger partial charge in [0.15, 0.2) is 0 Å². The molecule has 0 aliphatic carbocycles. The number of aryl methyl sites for hydroxylation is 1. The highest BCUT2D eigenvalue weighted by atomic mass is 35.5. The molecule has 0 aliphatic rings. The Morgan fingerprint density at radius 3 is 2.68 bits per heavy atom. The van der Waals surface area contributed by atoms with Crippen LogP contribution < -0.4 is 0 Å². The predicted molar refractivity (Wildman–Crippen MR) is 73.5 cm³/mol. The molecule has 0 saturated carbocycles. The van der Waals surface area contributed by atoms with E-state index in [4.69, 9.17) is 16.3 Å². The Hall–Kier alpha value is -1.81. The first-order chi connectivity index (χ1) is 9.10. The molecule has 0 saturated heterocycles. The van der Waals surface area contributed by atoms with Crippen LogP contribution in [0.25, 0.3) is 0 Å². The van der Waals surface area contributed by atoms with E-state index in [1.54, 1.807) is 17.7 Å². The van der Waals surface area contributed by atoms with E-state index in [0.717, 1.165) is 11.3 Å². The topological polar surface area (TPSA) is 44.1 Å². The van der Waals surface area contributed by atoms with E-state index < -0.39 is 0 Å². The van der Waals surface area contributed by atoms with Gasteiger partial charge in [-0.15, -0.1) is 0 Å². The molecule has 1 aromatic heterocycles. The molecule has 0 atom stereocenters. The molecular formula is C14H15ClN2O2. The van der Waals surface area contributed by atoms with Gasteiger partial charge < -0.3 is 4.74 Å². The molecule has 0 spiro atoms. The predicted octanol–water partition coefficient (Wildman–Crippen LogP) is 3.07. The summed E-state index contributed by atoms with van der Waals surface area (Å²) < 4.78 is 6.67. The third-order valence-electron chi connectivity index (χ3n) is 2.63. The summed E-state index contributed by atoms with van der Waals surface area (Å²) in [5.74, 6) is -0.350. The van der Waals surface area contributed by atoms with Crippen molar-refractivity contribution in [3.05, 3.63) is 52.3 Å². The van der Waals surface area contributed by atoms with E-state index in [-0.39, 0.29) is 5.97 Å². The van der Waals surface area contributed by atoms with Crippen LogP contribution in [-0.2, 0) is 11.3 Å². The summed E-state index contributed by atoms with van der Waals surface area (Å²) >= 11 is 5.85. The summed E-state index contributed by atoms with van der Waals surface area (Å²) in [6.45, 7) is 4.49. The van der Waals surface area contributed by atoms with Crippen LogP contribution in [-0.4, -0.2) is 22.4 Å². The molecule has 0 aliphatic heterocycles. The molecule has 4 nitrogen and oxygen atoms in total. The molecule has 2 rings (SSSR count). The van der Waals surface area contributed by atoms with Gasteiger partial charge in [0.25, 0.3) is 0 Å². The molecule has 100 valence electrons. The molecule has 0 unspecified atom stereocenters. The molecule has 0 radical (unpaired) electrons. The lowest BCUT2D eigenvalue weighted by Gasteiger charge is -2.07. The molecule has 19 heavy (non-hydrogen) atoms. The van der Waals surface area contributed by atoms with E-state index in [1.165, 1.54) is 0 Å². The van der Waals surface area contributed by atoms with Gasteiger partial charge >= 0.3 is 5.97 Å². The van der Waals surface area contributed by atoms with E-state index in [9.17, 15) is 4.79 Å². The van der Waals surface area contributed by atoms with Gasteiger partial charge in [0.05, 0.1) is 18.8 Å². The number of aromatic nitrogens is 2. The number of hydrogen-bond acceptors (Lipinski definition) is 3. The average molecular weight is 279 g/mol. The molecule has 5 heteroatoms. The molecule has 2 aromatic rings. The zero-order valence-electron chi connectivity index (χ0n) is 10.9. The number of hydrogen-bond donors (Lipinski definition) is 0. The Kier molecular flexibility index (Phi) is 4.22. The second kappa shape index (κ2) is 5.89.